The second-order valence-electron chi connectivity index (χ2n) is 3.70. The third-order valence-corrected chi connectivity index (χ3v) is 2.31. The van der Waals surface area contributed by atoms with Crippen molar-refractivity contribution in [3.05, 3.63) is 0 Å². The van der Waals surface area contributed by atoms with Gasteiger partial charge in [0.15, 0.2) is 0 Å². The second-order valence-corrected chi connectivity index (χ2v) is 3.70. The molecular formula is C9H20N2O. The number of hydrogen-bond donors (Lipinski definition) is 3. The molecule has 72 valence electrons. The highest BCUT2D eigenvalue weighted by atomic mass is 16.3. The lowest BCUT2D eigenvalue weighted by Crippen LogP contribution is -2.42. The van der Waals surface area contributed by atoms with Crippen LogP contribution in [0.1, 0.15) is 32.6 Å². The average Bonchev–Trinajstić information content (AvgIpc) is 2.83. The van der Waals surface area contributed by atoms with E-state index in [0.29, 0.717) is 12.6 Å². The fourth-order valence-corrected chi connectivity index (χ4v) is 1.25. The summed E-state index contributed by atoms with van der Waals surface area (Å²) in [4.78, 5) is 0. The van der Waals surface area contributed by atoms with Gasteiger partial charge < -0.3 is 16.2 Å². The van der Waals surface area contributed by atoms with Crippen LogP contribution in [0.15, 0.2) is 0 Å². The summed E-state index contributed by atoms with van der Waals surface area (Å²) in [5.41, 5.74) is 5.74. The Kier molecular flexibility index (Phi) is 3.98. The lowest BCUT2D eigenvalue weighted by Gasteiger charge is -2.18. The quantitative estimate of drug-likeness (QED) is 0.537. The van der Waals surface area contributed by atoms with Crippen LogP contribution in [0, 0.1) is 0 Å². The Morgan fingerprint density at radius 1 is 1.58 bits per heavy atom. The number of nitrogens with two attached hydrogens (primary N) is 1. The minimum absolute atomic E-state index is 0.0544. The van der Waals surface area contributed by atoms with Crippen LogP contribution in [0.3, 0.4) is 0 Å². The van der Waals surface area contributed by atoms with Gasteiger partial charge in [-0.3, -0.25) is 0 Å². The minimum atomic E-state index is -0.370. The topological polar surface area (TPSA) is 58.3 Å². The van der Waals surface area contributed by atoms with E-state index in [2.05, 4.69) is 12.2 Å². The maximum Gasteiger partial charge on any atom is 0.0815 e. The van der Waals surface area contributed by atoms with E-state index in [-0.39, 0.29) is 12.1 Å². The van der Waals surface area contributed by atoms with Gasteiger partial charge in [-0.1, -0.05) is 13.3 Å². The molecule has 0 aromatic rings. The minimum Gasteiger partial charge on any atom is -0.390 e. The zero-order valence-corrected chi connectivity index (χ0v) is 7.79. The normalized spacial score (nSPS) is 22.2. The van der Waals surface area contributed by atoms with Gasteiger partial charge in [0.05, 0.1) is 6.10 Å². The molecule has 0 heterocycles. The SMILES string of the molecule is CCC[C@H](N)[C@@H](O)CNC1CC1. The lowest BCUT2D eigenvalue weighted by atomic mass is 10.1. The first-order valence-electron chi connectivity index (χ1n) is 4.91. The van der Waals surface area contributed by atoms with Crippen molar-refractivity contribution in [1.29, 1.82) is 0 Å². The number of aliphatic hydroxyl groups is 1. The molecule has 4 N–H and O–H groups in total. The first kappa shape index (κ1) is 9.96. The molecule has 0 amide bonds. The summed E-state index contributed by atoms with van der Waals surface area (Å²) < 4.78 is 0. The fraction of sp³-hybridized carbons (Fsp3) is 1.00. The van der Waals surface area contributed by atoms with Crippen LogP contribution in [0.2, 0.25) is 0 Å². The van der Waals surface area contributed by atoms with Crippen molar-refractivity contribution in [3.63, 3.8) is 0 Å². The third-order valence-electron chi connectivity index (χ3n) is 2.31. The summed E-state index contributed by atoms with van der Waals surface area (Å²) in [6.07, 6.45) is 4.10. The lowest BCUT2D eigenvalue weighted by molar-refractivity contribution is 0.137. The van der Waals surface area contributed by atoms with Crippen LogP contribution >= 0.6 is 0 Å². The molecule has 1 fully saturated rings. The predicted molar refractivity (Wildman–Crippen MR) is 49.9 cm³/mol. The van der Waals surface area contributed by atoms with Crippen molar-refractivity contribution in [3.8, 4) is 0 Å². The predicted octanol–water partition coefficient (Wildman–Crippen LogP) is 0.227. The first-order valence-corrected chi connectivity index (χ1v) is 4.91. The van der Waals surface area contributed by atoms with Gasteiger partial charge in [0.25, 0.3) is 0 Å². The molecule has 0 aliphatic heterocycles. The smallest absolute Gasteiger partial charge is 0.0815 e. The van der Waals surface area contributed by atoms with Gasteiger partial charge in [-0.2, -0.15) is 0 Å². The Hall–Kier alpha value is -0.120. The first-order chi connectivity index (χ1) is 5.74. The Labute approximate surface area is 74.3 Å². The van der Waals surface area contributed by atoms with E-state index in [1.807, 2.05) is 0 Å². The fourth-order valence-electron chi connectivity index (χ4n) is 1.25. The van der Waals surface area contributed by atoms with E-state index >= 15 is 0 Å². The van der Waals surface area contributed by atoms with Crippen LogP contribution in [0.5, 0.6) is 0 Å². The van der Waals surface area contributed by atoms with Crippen LogP contribution in [0.25, 0.3) is 0 Å². The van der Waals surface area contributed by atoms with Crippen LogP contribution < -0.4 is 11.1 Å². The Balaban J connectivity index is 2.03. The standard InChI is InChI=1S/C9H20N2O/c1-2-3-8(10)9(12)6-11-7-4-5-7/h7-9,11-12H,2-6,10H2,1H3/t8-,9-/m0/s1. The van der Waals surface area contributed by atoms with Crippen LogP contribution in [-0.2, 0) is 0 Å². The summed E-state index contributed by atoms with van der Waals surface area (Å²) in [5, 5.41) is 12.8. The summed E-state index contributed by atoms with van der Waals surface area (Å²) in [5.74, 6) is 0. The van der Waals surface area contributed by atoms with E-state index < -0.39 is 0 Å². The Morgan fingerprint density at radius 3 is 2.75 bits per heavy atom. The highest BCUT2D eigenvalue weighted by molar-refractivity contribution is 4.83. The van der Waals surface area contributed by atoms with Gasteiger partial charge in [-0.05, 0) is 19.3 Å². The summed E-state index contributed by atoms with van der Waals surface area (Å²) in [6.45, 7) is 2.74. The molecule has 2 atom stereocenters. The average molecular weight is 172 g/mol. The molecule has 12 heavy (non-hydrogen) atoms. The monoisotopic (exact) mass is 172 g/mol. The molecule has 1 rings (SSSR count). The van der Waals surface area contributed by atoms with Crippen molar-refractivity contribution in [2.24, 2.45) is 5.73 Å². The Bertz CT molecular complexity index is 126. The van der Waals surface area contributed by atoms with Crippen molar-refractivity contribution < 1.29 is 5.11 Å². The van der Waals surface area contributed by atoms with Crippen LogP contribution in [-0.4, -0.2) is 29.8 Å². The molecule has 0 aromatic carbocycles. The zero-order chi connectivity index (χ0) is 8.97. The van der Waals surface area contributed by atoms with E-state index in [0.717, 1.165) is 12.8 Å². The summed E-state index contributed by atoms with van der Waals surface area (Å²) in [7, 11) is 0. The van der Waals surface area contributed by atoms with Gasteiger partial charge >= 0.3 is 0 Å². The highest BCUT2D eigenvalue weighted by Gasteiger charge is 2.22. The summed E-state index contributed by atoms with van der Waals surface area (Å²) in [6, 6.07) is 0.606. The van der Waals surface area contributed by atoms with Crippen molar-refractivity contribution in [2.45, 2.75) is 50.8 Å². The highest BCUT2D eigenvalue weighted by Crippen LogP contribution is 2.18. The summed E-state index contributed by atoms with van der Waals surface area (Å²) >= 11 is 0. The molecule has 0 bridgehead atoms. The molecule has 0 radical (unpaired) electrons. The molecule has 0 unspecified atom stereocenters. The van der Waals surface area contributed by atoms with Gasteiger partial charge in [0.2, 0.25) is 0 Å². The molecule has 0 saturated heterocycles. The zero-order valence-electron chi connectivity index (χ0n) is 7.79. The van der Waals surface area contributed by atoms with Crippen molar-refractivity contribution in [1.82, 2.24) is 5.32 Å². The number of aliphatic hydroxyl groups excluding tert-OH is 1. The van der Waals surface area contributed by atoms with Crippen molar-refractivity contribution in [2.75, 3.05) is 6.54 Å². The number of hydrogen-bond acceptors (Lipinski definition) is 3. The molecule has 1 aliphatic carbocycles. The molecule has 0 spiro atoms. The molecular weight excluding hydrogens is 152 g/mol. The molecule has 3 nitrogen and oxygen atoms in total. The molecule has 1 aliphatic rings. The number of rotatable bonds is 6. The van der Waals surface area contributed by atoms with Gasteiger partial charge in [-0.15, -0.1) is 0 Å². The van der Waals surface area contributed by atoms with E-state index in [1.54, 1.807) is 0 Å². The van der Waals surface area contributed by atoms with Gasteiger partial charge in [0, 0.05) is 18.6 Å². The Morgan fingerprint density at radius 2 is 2.25 bits per heavy atom. The second kappa shape index (κ2) is 4.80. The van der Waals surface area contributed by atoms with Gasteiger partial charge in [-0.25, -0.2) is 0 Å². The van der Waals surface area contributed by atoms with E-state index in [4.69, 9.17) is 5.73 Å². The number of nitrogens with one attached hydrogen (secondary N) is 1. The largest absolute Gasteiger partial charge is 0.390 e. The molecule has 0 aromatic heterocycles. The third kappa shape index (κ3) is 3.52. The molecule has 1 saturated carbocycles. The molecule has 3 heteroatoms. The maximum atomic E-state index is 9.54. The maximum absolute atomic E-state index is 9.54. The van der Waals surface area contributed by atoms with E-state index in [9.17, 15) is 5.11 Å². The van der Waals surface area contributed by atoms with E-state index in [1.165, 1.54) is 12.8 Å². The van der Waals surface area contributed by atoms with Crippen LogP contribution in [0.4, 0.5) is 0 Å². The van der Waals surface area contributed by atoms with Gasteiger partial charge in [0.1, 0.15) is 0 Å². The van der Waals surface area contributed by atoms with Crippen molar-refractivity contribution >= 4 is 0 Å².